The second kappa shape index (κ2) is 7.27. The average molecular weight is 386 g/mol. The van der Waals surface area contributed by atoms with Gasteiger partial charge in [-0.15, -0.1) is 0 Å². The minimum atomic E-state index is -1.02. The Morgan fingerprint density at radius 2 is 1.96 bits per heavy atom. The Bertz CT molecular complexity index is 841. The van der Waals surface area contributed by atoms with Gasteiger partial charge in [-0.2, -0.15) is 0 Å². The van der Waals surface area contributed by atoms with E-state index in [1.165, 1.54) is 0 Å². The smallest absolute Gasteiger partial charge is 0.337 e. The SMILES string of the molecule is O=C(O)c1ccc(CCC(O)(c2ccccc2)C2CN3CCC2C3)cc1Cl. The second-order valence-electron chi connectivity index (χ2n) is 7.82. The monoisotopic (exact) mass is 385 g/mol. The van der Waals surface area contributed by atoms with Crippen LogP contribution in [0.4, 0.5) is 0 Å². The number of rotatable bonds is 6. The molecule has 2 aromatic carbocycles. The van der Waals surface area contributed by atoms with Gasteiger partial charge in [0.2, 0.25) is 0 Å². The van der Waals surface area contributed by atoms with Gasteiger partial charge in [0.15, 0.2) is 0 Å². The van der Waals surface area contributed by atoms with Gasteiger partial charge in [-0.3, -0.25) is 0 Å². The third-order valence-electron chi connectivity index (χ3n) is 6.28. The number of carboxylic acids is 1. The summed E-state index contributed by atoms with van der Waals surface area (Å²) in [6, 6.07) is 15.0. The molecule has 5 heteroatoms. The van der Waals surface area contributed by atoms with E-state index in [-0.39, 0.29) is 16.5 Å². The zero-order chi connectivity index (χ0) is 19.0. The van der Waals surface area contributed by atoms with Crippen molar-refractivity contribution >= 4 is 17.6 Å². The largest absolute Gasteiger partial charge is 0.478 e. The summed E-state index contributed by atoms with van der Waals surface area (Å²) in [5.74, 6) is -0.265. The number of benzene rings is 2. The zero-order valence-electron chi connectivity index (χ0n) is 15.1. The van der Waals surface area contributed by atoms with Crippen molar-refractivity contribution in [2.24, 2.45) is 11.8 Å². The van der Waals surface area contributed by atoms with Crippen molar-refractivity contribution in [3.63, 3.8) is 0 Å². The molecule has 2 aromatic rings. The van der Waals surface area contributed by atoms with Gasteiger partial charge in [0, 0.05) is 19.0 Å². The van der Waals surface area contributed by atoms with Gasteiger partial charge >= 0.3 is 5.97 Å². The van der Waals surface area contributed by atoms with E-state index in [1.54, 1.807) is 18.2 Å². The molecule has 0 radical (unpaired) electrons. The lowest BCUT2D eigenvalue weighted by atomic mass is 9.71. The minimum Gasteiger partial charge on any atom is -0.478 e. The molecule has 2 heterocycles. The van der Waals surface area contributed by atoms with Crippen molar-refractivity contribution in [1.29, 1.82) is 0 Å². The molecular formula is C22H24ClNO3. The van der Waals surface area contributed by atoms with Crippen LogP contribution in [0, 0.1) is 11.8 Å². The highest BCUT2D eigenvalue weighted by Crippen LogP contribution is 2.46. The van der Waals surface area contributed by atoms with Crippen LogP contribution in [0.5, 0.6) is 0 Å². The lowest BCUT2D eigenvalue weighted by molar-refractivity contribution is -0.0495. The first-order valence-corrected chi connectivity index (χ1v) is 9.87. The molecule has 0 aromatic heterocycles. The average Bonchev–Trinajstić information content (AvgIpc) is 3.30. The molecule has 4 rings (SSSR count). The molecular weight excluding hydrogens is 362 g/mol. The molecule has 4 atom stereocenters. The van der Waals surface area contributed by atoms with Crippen LogP contribution in [0.15, 0.2) is 48.5 Å². The van der Waals surface area contributed by atoms with E-state index in [0.717, 1.165) is 37.2 Å². The Kier molecular flexibility index (Phi) is 4.97. The van der Waals surface area contributed by atoms with E-state index in [0.29, 0.717) is 18.8 Å². The first-order valence-electron chi connectivity index (χ1n) is 9.49. The molecule has 142 valence electrons. The van der Waals surface area contributed by atoms with Crippen molar-refractivity contribution in [2.45, 2.75) is 24.9 Å². The molecule has 2 fully saturated rings. The predicted molar refractivity (Wildman–Crippen MR) is 105 cm³/mol. The quantitative estimate of drug-likeness (QED) is 0.793. The van der Waals surface area contributed by atoms with E-state index < -0.39 is 11.6 Å². The highest BCUT2D eigenvalue weighted by atomic mass is 35.5. The molecule has 0 spiro atoms. The molecule has 4 nitrogen and oxygen atoms in total. The Labute approximate surface area is 164 Å². The Balaban J connectivity index is 1.59. The van der Waals surface area contributed by atoms with E-state index >= 15 is 0 Å². The maximum Gasteiger partial charge on any atom is 0.337 e. The number of fused-ring (bicyclic) bond motifs is 2. The van der Waals surface area contributed by atoms with Crippen molar-refractivity contribution < 1.29 is 15.0 Å². The van der Waals surface area contributed by atoms with E-state index in [4.69, 9.17) is 16.7 Å². The number of halogens is 1. The zero-order valence-corrected chi connectivity index (χ0v) is 15.9. The number of hydrogen-bond donors (Lipinski definition) is 2. The van der Waals surface area contributed by atoms with Gasteiger partial charge in [0.25, 0.3) is 0 Å². The Morgan fingerprint density at radius 1 is 1.19 bits per heavy atom. The highest BCUT2D eigenvalue weighted by molar-refractivity contribution is 6.33. The van der Waals surface area contributed by atoms with Gasteiger partial charge in [-0.05, 0) is 55.0 Å². The minimum absolute atomic E-state index is 0.111. The Morgan fingerprint density at radius 3 is 2.56 bits per heavy atom. The molecule has 27 heavy (non-hydrogen) atoms. The van der Waals surface area contributed by atoms with Crippen molar-refractivity contribution in [2.75, 3.05) is 19.6 Å². The lowest BCUT2D eigenvalue weighted by Gasteiger charge is -2.39. The maximum absolute atomic E-state index is 11.8. The molecule has 2 aliphatic rings. The van der Waals surface area contributed by atoms with Gasteiger partial charge in [-0.1, -0.05) is 48.0 Å². The summed E-state index contributed by atoms with van der Waals surface area (Å²) in [6.45, 7) is 3.16. The number of aromatic carboxylic acids is 1. The van der Waals surface area contributed by atoms with Crippen LogP contribution in [-0.4, -0.2) is 40.7 Å². The number of aliphatic hydroxyl groups is 1. The van der Waals surface area contributed by atoms with Crippen LogP contribution < -0.4 is 0 Å². The standard InChI is InChI=1S/C22H24ClNO3/c23-20-12-15(6-7-18(20)21(25)26)8-10-22(27,17-4-2-1-3-5-17)19-14-24-11-9-16(19)13-24/h1-7,12,16,19,27H,8-11,13-14H2,(H,25,26). The number of hydrogen-bond acceptors (Lipinski definition) is 3. The van der Waals surface area contributed by atoms with Crippen LogP contribution in [0.3, 0.4) is 0 Å². The molecule has 0 amide bonds. The van der Waals surface area contributed by atoms with Gasteiger partial charge in [0.05, 0.1) is 16.2 Å². The third kappa shape index (κ3) is 3.49. The summed E-state index contributed by atoms with van der Waals surface area (Å²) in [7, 11) is 0. The molecule has 0 aliphatic carbocycles. The topological polar surface area (TPSA) is 60.8 Å². The highest BCUT2D eigenvalue weighted by Gasteiger charge is 2.49. The maximum atomic E-state index is 11.8. The predicted octanol–water partition coefficient (Wildman–Crippen LogP) is 3.81. The first kappa shape index (κ1) is 18.5. The van der Waals surface area contributed by atoms with Crippen molar-refractivity contribution in [3.8, 4) is 0 Å². The molecule has 0 saturated carbocycles. The third-order valence-corrected chi connectivity index (χ3v) is 6.59. The number of piperidine rings is 1. The summed E-state index contributed by atoms with van der Waals surface area (Å²) in [5.41, 5.74) is 1.14. The summed E-state index contributed by atoms with van der Waals surface area (Å²) in [4.78, 5) is 13.6. The fourth-order valence-corrected chi connectivity index (χ4v) is 5.10. The first-order chi connectivity index (χ1) is 13.0. The van der Waals surface area contributed by atoms with Crippen LogP contribution in [0.2, 0.25) is 5.02 Å². The summed E-state index contributed by atoms with van der Waals surface area (Å²) in [6.07, 6.45) is 2.39. The van der Waals surface area contributed by atoms with Crippen LogP contribution in [0.1, 0.15) is 34.3 Å². The van der Waals surface area contributed by atoms with Gasteiger partial charge < -0.3 is 15.1 Å². The number of aryl methyl sites for hydroxylation is 1. The van der Waals surface area contributed by atoms with Gasteiger partial charge in [-0.25, -0.2) is 4.79 Å². The Hall–Kier alpha value is -1.88. The second-order valence-corrected chi connectivity index (χ2v) is 8.23. The molecule has 2 saturated heterocycles. The van der Waals surface area contributed by atoms with Crippen molar-refractivity contribution in [3.05, 3.63) is 70.2 Å². The fourth-order valence-electron chi connectivity index (χ4n) is 4.82. The summed E-state index contributed by atoms with van der Waals surface area (Å²) < 4.78 is 0. The van der Waals surface area contributed by atoms with Crippen LogP contribution in [-0.2, 0) is 12.0 Å². The van der Waals surface area contributed by atoms with Gasteiger partial charge in [0.1, 0.15) is 0 Å². The number of carboxylic acid groups (broad SMARTS) is 1. The van der Waals surface area contributed by atoms with E-state index in [2.05, 4.69) is 4.90 Å². The molecule has 2 aliphatic heterocycles. The number of nitrogens with zero attached hydrogens (tertiary/aromatic N) is 1. The van der Waals surface area contributed by atoms with Crippen molar-refractivity contribution in [1.82, 2.24) is 4.90 Å². The molecule has 4 unspecified atom stereocenters. The summed E-state index contributed by atoms with van der Waals surface area (Å²) in [5, 5.41) is 21.2. The fraction of sp³-hybridized carbons (Fsp3) is 0.409. The lowest BCUT2D eigenvalue weighted by Crippen LogP contribution is -2.42. The normalized spacial score (nSPS) is 26.1. The summed E-state index contributed by atoms with van der Waals surface area (Å²) >= 11 is 6.12. The van der Waals surface area contributed by atoms with E-state index in [9.17, 15) is 9.90 Å². The van der Waals surface area contributed by atoms with Crippen LogP contribution >= 0.6 is 11.6 Å². The van der Waals surface area contributed by atoms with E-state index in [1.807, 2.05) is 30.3 Å². The number of carbonyl (C=O) groups is 1. The van der Waals surface area contributed by atoms with Crippen LogP contribution in [0.25, 0.3) is 0 Å². The molecule has 2 bridgehead atoms. The molecule has 2 N–H and O–H groups in total.